The summed E-state index contributed by atoms with van der Waals surface area (Å²) in [5.74, 6) is 0. The van der Waals surface area contributed by atoms with Crippen LogP contribution in [0, 0.1) is 0 Å². The molecule has 1 heterocycles. The lowest BCUT2D eigenvalue weighted by molar-refractivity contribution is 0.360. The molecule has 0 aromatic heterocycles. The molecule has 2 rings (SSSR count). The van der Waals surface area contributed by atoms with Crippen molar-refractivity contribution < 1.29 is 4.74 Å². The van der Waals surface area contributed by atoms with E-state index < -0.39 is 0 Å². The van der Waals surface area contributed by atoms with Gasteiger partial charge in [-0.1, -0.05) is 84.8 Å². The Morgan fingerprint density at radius 3 is 2.16 bits per heavy atom. The molecule has 0 bridgehead atoms. The third-order valence-corrected chi connectivity index (χ3v) is 4.39. The standard InChI is InChI=1S/C17H25BrO/c18-14-10-5-3-1-2-4-9-13-16-17(19-16)15-11-7-6-8-12-15/h6-8,11-12,16-17H,1-5,9-10,13-14H2/t16-,17-/m1/s1. The van der Waals surface area contributed by atoms with E-state index in [1.165, 1.54) is 56.9 Å². The largest absolute Gasteiger partial charge is 0.365 e. The summed E-state index contributed by atoms with van der Waals surface area (Å²) in [5, 5.41) is 1.16. The maximum absolute atomic E-state index is 5.76. The van der Waals surface area contributed by atoms with Crippen LogP contribution in [0.4, 0.5) is 0 Å². The Labute approximate surface area is 125 Å². The van der Waals surface area contributed by atoms with Gasteiger partial charge < -0.3 is 4.74 Å². The van der Waals surface area contributed by atoms with Crippen LogP contribution in [-0.4, -0.2) is 11.4 Å². The Balaban J connectivity index is 1.45. The Morgan fingerprint density at radius 2 is 1.47 bits per heavy atom. The van der Waals surface area contributed by atoms with E-state index in [1.807, 2.05) is 0 Å². The van der Waals surface area contributed by atoms with Crippen LogP contribution >= 0.6 is 15.9 Å². The summed E-state index contributed by atoms with van der Waals surface area (Å²) in [5.41, 5.74) is 1.35. The minimum Gasteiger partial charge on any atom is -0.365 e. The van der Waals surface area contributed by atoms with Gasteiger partial charge in [-0.25, -0.2) is 0 Å². The molecule has 106 valence electrons. The average Bonchev–Trinajstić information content (AvgIpc) is 3.22. The second-order valence-corrected chi connectivity index (χ2v) is 6.25. The van der Waals surface area contributed by atoms with E-state index in [9.17, 15) is 0 Å². The van der Waals surface area contributed by atoms with Crippen LogP contribution in [0.1, 0.15) is 63.0 Å². The van der Waals surface area contributed by atoms with Crippen molar-refractivity contribution in [3.8, 4) is 0 Å². The van der Waals surface area contributed by atoms with E-state index in [-0.39, 0.29) is 0 Å². The van der Waals surface area contributed by atoms with Gasteiger partial charge in [0.05, 0.1) is 6.10 Å². The van der Waals surface area contributed by atoms with E-state index in [0.29, 0.717) is 12.2 Å². The fourth-order valence-electron chi connectivity index (χ4n) is 2.62. The molecule has 0 spiro atoms. The molecule has 0 aliphatic carbocycles. The zero-order chi connectivity index (χ0) is 13.3. The van der Waals surface area contributed by atoms with Crippen LogP contribution in [0.3, 0.4) is 0 Å². The van der Waals surface area contributed by atoms with E-state index >= 15 is 0 Å². The van der Waals surface area contributed by atoms with Crippen LogP contribution in [0.15, 0.2) is 30.3 Å². The van der Waals surface area contributed by atoms with E-state index in [4.69, 9.17) is 4.74 Å². The van der Waals surface area contributed by atoms with Gasteiger partial charge in [-0.3, -0.25) is 0 Å². The highest BCUT2D eigenvalue weighted by Gasteiger charge is 2.38. The average molecular weight is 325 g/mol. The molecule has 0 N–H and O–H groups in total. The molecule has 1 nitrogen and oxygen atoms in total. The minimum atomic E-state index is 0.389. The summed E-state index contributed by atoms with van der Waals surface area (Å²) >= 11 is 3.48. The van der Waals surface area contributed by atoms with Crippen LogP contribution in [0.5, 0.6) is 0 Å². The number of halogens is 1. The number of benzene rings is 1. The monoisotopic (exact) mass is 324 g/mol. The normalized spacial score (nSPS) is 21.5. The van der Waals surface area contributed by atoms with E-state index in [1.54, 1.807) is 0 Å². The first-order valence-corrected chi connectivity index (χ1v) is 8.80. The first kappa shape index (κ1) is 15.1. The number of unbranched alkanes of at least 4 members (excludes halogenated alkanes) is 6. The Bertz CT molecular complexity index is 338. The highest BCUT2D eigenvalue weighted by molar-refractivity contribution is 9.09. The van der Waals surface area contributed by atoms with Crippen molar-refractivity contribution in [2.75, 3.05) is 5.33 Å². The predicted molar refractivity (Wildman–Crippen MR) is 84.8 cm³/mol. The van der Waals surface area contributed by atoms with Crippen molar-refractivity contribution >= 4 is 15.9 Å². The van der Waals surface area contributed by atoms with Gasteiger partial charge in [0.2, 0.25) is 0 Å². The summed E-state index contributed by atoms with van der Waals surface area (Å²) in [6, 6.07) is 10.6. The van der Waals surface area contributed by atoms with Crippen molar-refractivity contribution in [1.82, 2.24) is 0 Å². The van der Waals surface area contributed by atoms with Crippen LogP contribution in [0.2, 0.25) is 0 Å². The Morgan fingerprint density at radius 1 is 0.842 bits per heavy atom. The highest BCUT2D eigenvalue weighted by Crippen LogP contribution is 2.41. The van der Waals surface area contributed by atoms with Gasteiger partial charge in [-0.05, 0) is 18.4 Å². The van der Waals surface area contributed by atoms with Crippen LogP contribution in [0.25, 0.3) is 0 Å². The van der Waals surface area contributed by atoms with Crippen LogP contribution < -0.4 is 0 Å². The molecule has 2 atom stereocenters. The fourth-order valence-corrected chi connectivity index (χ4v) is 3.02. The van der Waals surface area contributed by atoms with Crippen molar-refractivity contribution in [2.45, 2.75) is 63.6 Å². The summed E-state index contributed by atoms with van der Waals surface area (Å²) < 4.78 is 5.76. The van der Waals surface area contributed by atoms with Gasteiger partial charge in [0.1, 0.15) is 6.10 Å². The van der Waals surface area contributed by atoms with Gasteiger partial charge in [0.25, 0.3) is 0 Å². The zero-order valence-electron chi connectivity index (χ0n) is 11.7. The quantitative estimate of drug-likeness (QED) is 0.308. The molecule has 0 unspecified atom stereocenters. The lowest BCUT2D eigenvalue weighted by Crippen LogP contribution is -1.90. The molecule has 1 aromatic rings. The van der Waals surface area contributed by atoms with Crippen molar-refractivity contribution in [3.05, 3.63) is 35.9 Å². The Hall–Kier alpha value is -0.340. The van der Waals surface area contributed by atoms with E-state index in [0.717, 1.165) is 5.33 Å². The molecule has 2 heteroatoms. The minimum absolute atomic E-state index is 0.389. The molecule has 1 aromatic carbocycles. The number of alkyl halides is 1. The molecule has 0 amide bonds. The number of hydrogen-bond donors (Lipinski definition) is 0. The first-order chi connectivity index (χ1) is 9.42. The van der Waals surface area contributed by atoms with Gasteiger partial charge in [-0.2, -0.15) is 0 Å². The molecule has 1 aliphatic heterocycles. The fraction of sp³-hybridized carbons (Fsp3) is 0.647. The Kier molecular flexibility index (Phi) is 6.94. The zero-order valence-corrected chi connectivity index (χ0v) is 13.3. The predicted octanol–water partition coefficient (Wildman–Crippen LogP) is 5.64. The van der Waals surface area contributed by atoms with E-state index in [2.05, 4.69) is 46.3 Å². The lowest BCUT2D eigenvalue weighted by atomic mass is 10.0. The molecular weight excluding hydrogens is 300 g/mol. The second-order valence-electron chi connectivity index (χ2n) is 5.46. The molecule has 1 fully saturated rings. The number of rotatable bonds is 10. The maximum atomic E-state index is 5.76. The summed E-state index contributed by atoms with van der Waals surface area (Å²) in [4.78, 5) is 0. The smallest absolute Gasteiger partial charge is 0.109 e. The molecule has 1 saturated heterocycles. The van der Waals surface area contributed by atoms with Crippen molar-refractivity contribution in [2.24, 2.45) is 0 Å². The number of epoxide rings is 1. The van der Waals surface area contributed by atoms with Crippen molar-refractivity contribution in [1.29, 1.82) is 0 Å². The number of ether oxygens (including phenoxy) is 1. The van der Waals surface area contributed by atoms with Gasteiger partial charge in [-0.15, -0.1) is 0 Å². The summed E-state index contributed by atoms with van der Waals surface area (Å²) in [7, 11) is 0. The van der Waals surface area contributed by atoms with Crippen molar-refractivity contribution in [3.63, 3.8) is 0 Å². The lowest BCUT2D eigenvalue weighted by Gasteiger charge is -2.00. The van der Waals surface area contributed by atoms with Crippen LogP contribution in [-0.2, 0) is 4.74 Å². The van der Waals surface area contributed by atoms with Gasteiger partial charge in [0, 0.05) is 5.33 Å². The maximum Gasteiger partial charge on any atom is 0.109 e. The SMILES string of the molecule is BrCCCCCCCCC[C@H]1O[C@@H]1c1ccccc1. The third kappa shape index (κ3) is 5.66. The molecule has 0 radical (unpaired) electrons. The molecular formula is C17H25BrO. The number of hydrogen-bond acceptors (Lipinski definition) is 1. The van der Waals surface area contributed by atoms with Gasteiger partial charge in [0.15, 0.2) is 0 Å². The van der Waals surface area contributed by atoms with Gasteiger partial charge >= 0.3 is 0 Å². The topological polar surface area (TPSA) is 12.5 Å². The molecule has 19 heavy (non-hydrogen) atoms. The summed E-state index contributed by atoms with van der Waals surface area (Å²) in [6.45, 7) is 0. The highest BCUT2D eigenvalue weighted by atomic mass is 79.9. The molecule has 0 saturated carbocycles. The third-order valence-electron chi connectivity index (χ3n) is 3.83. The molecule has 1 aliphatic rings. The second kappa shape index (κ2) is 8.76. The first-order valence-electron chi connectivity index (χ1n) is 7.68. The summed E-state index contributed by atoms with van der Waals surface area (Å²) in [6.07, 6.45) is 11.7.